The zero-order valence-corrected chi connectivity index (χ0v) is 16.2. The maximum atomic E-state index is 13.0. The van der Waals surface area contributed by atoms with Gasteiger partial charge >= 0.3 is 0 Å². The summed E-state index contributed by atoms with van der Waals surface area (Å²) in [5, 5.41) is 19.6. The molecule has 0 aliphatic carbocycles. The molecule has 146 valence electrons. The van der Waals surface area contributed by atoms with Crippen LogP contribution in [0.3, 0.4) is 0 Å². The number of nitrogens with zero attached hydrogens (tertiary/aromatic N) is 5. The Morgan fingerprint density at radius 2 is 1.96 bits per heavy atom. The van der Waals surface area contributed by atoms with Crippen LogP contribution < -0.4 is 0 Å². The van der Waals surface area contributed by atoms with E-state index in [0.29, 0.717) is 31.0 Å². The van der Waals surface area contributed by atoms with Crippen LogP contribution in [0.25, 0.3) is 0 Å². The summed E-state index contributed by atoms with van der Waals surface area (Å²) in [5.74, 6) is -0.0186. The van der Waals surface area contributed by atoms with E-state index in [-0.39, 0.29) is 5.91 Å². The van der Waals surface area contributed by atoms with Gasteiger partial charge < -0.3 is 10.0 Å². The van der Waals surface area contributed by atoms with Crippen LogP contribution in [-0.4, -0.2) is 42.0 Å². The lowest BCUT2D eigenvalue weighted by atomic mass is 10.1. The number of aliphatic hydroxyl groups excluding tert-OH is 1. The fourth-order valence-electron chi connectivity index (χ4n) is 3.67. The highest BCUT2D eigenvalue weighted by molar-refractivity contribution is 5.92. The third-order valence-corrected chi connectivity index (χ3v) is 5.16. The molecule has 0 unspecified atom stereocenters. The van der Waals surface area contributed by atoms with Crippen molar-refractivity contribution >= 4 is 5.91 Å². The van der Waals surface area contributed by atoms with E-state index >= 15 is 0 Å². The molecule has 0 fully saturated rings. The first-order chi connectivity index (χ1) is 13.6. The van der Waals surface area contributed by atoms with Crippen LogP contribution in [-0.2, 0) is 26.6 Å². The molecule has 0 bridgehead atoms. The zero-order valence-electron chi connectivity index (χ0n) is 16.2. The van der Waals surface area contributed by atoms with Gasteiger partial charge in [-0.05, 0) is 24.1 Å². The van der Waals surface area contributed by atoms with Crippen LogP contribution in [0.1, 0.15) is 52.6 Å². The Kier molecular flexibility index (Phi) is 5.00. The summed E-state index contributed by atoms with van der Waals surface area (Å²) in [6.07, 6.45) is 1.10. The molecule has 1 N–H and O–H groups in total. The highest BCUT2D eigenvalue weighted by Gasteiger charge is 2.27. The molecule has 1 aliphatic rings. The largest absolute Gasteiger partial charge is 0.382 e. The van der Waals surface area contributed by atoms with Crippen molar-refractivity contribution in [1.82, 2.24) is 24.5 Å². The molecule has 28 heavy (non-hydrogen) atoms. The number of benzene rings is 1. The fourth-order valence-corrected chi connectivity index (χ4v) is 3.67. The monoisotopic (exact) mass is 379 g/mol. The van der Waals surface area contributed by atoms with E-state index in [1.165, 1.54) is 0 Å². The molecule has 7 nitrogen and oxygen atoms in total. The third kappa shape index (κ3) is 3.45. The van der Waals surface area contributed by atoms with Gasteiger partial charge in [0.05, 0.1) is 30.2 Å². The normalized spacial score (nSPS) is 14.8. The summed E-state index contributed by atoms with van der Waals surface area (Å²) in [6.45, 7) is 3.77. The van der Waals surface area contributed by atoms with Crippen LogP contribution in [0.4, 0.5) is 0 Å². The average molecular weight is 379 g/mol. The van der Waals surface area contributed by atoms with Crippen molar-refractivity contribution in [1.29, 1.82) is 0 Å². The minimum Gasteiger partial charge on any atom is -0.382 e. The van der Waals surface area contributed by atoms with Crippen molar-refractivity contribution in [3.05, 3.63) is 70.8 Å². The Morgan fingerprint density at radius 3 is 2.71 bits per heavy atom. The molecule has 0 saturated carbocycles. The summed E-state index contributed by atoms with van der Waals surface area (Å²) < 4.78 is 3.56. The summed E-state index contributed by atoms with van der Waals surface area (Å²) in [7, 11) is 1.81. The molecule has 1 atom stereocenters. The molecule has 1 aliphatic heterocycles. The van der Waals surface area contributed by atoms with E-state index < -0.39 is 6.10 Å². The Bertz CT molecular complexity index is 976. The predicted octanol–water partition coefficient (Wildman–Crippen LogP) is 2.31. The van der Waals surface area contributed by atoms with Gasteiger partial charge in [0.15, 0.2) is 0 Å². The van der Waals surface area contributed by atoms with Crippen molar-refractivity contribution in [2.24, 2.45) is 7.05 Å². The number of amides is 1. The average Bonchev–Trinajstić information content (AvgIpc) is 3.30. The van der Waals surface area contributed by atoms with Crippen molar-refractivity contribution in [3.8, 4) is 0 Å². The predicted molar refractivity (Wildman–Crippen MR) is 105 cm³/mol. The summed E-state index contributed by atoms with van der Waals surface area (Å²) >= 11 is 0. The van der Waals surface area contributed by atoms with E-state index in [1.54, 1.807) is 4.68 Å². The number of aliphatic hydroxyl groups is 1. The number of fused-ring (bicyclic) bond motifs is 1. The first kappa shape index (κ1) is 18.4. The molecular weight excluding hydrogens is 354 g/mol. The van der Waals surface area contributed by atoms with Crippen LogP contribution in [0.2, 0.25) is 0 Å². The number of aromatic nitrogens is 4. The SMILES string of the molecule is CCCc1cc(C(=O)N2CCn3nc([C@@H](O)c4ccccc4)cc3C2)n(C)n1. The minimum atomic E-state index is -0.767. The van der Waals surface area contributed by atoms with Crippen molar-refractivity contribution < 1.29 is 9.90 Å². The van der Waals surface area contributed by atoms with Gasteiger partial charge in [0.1, 0.15) is 11.8 Å². The van der Waals surface area contributed by atoms with Crippen LogP contribution in [0.15, 0.2) is 42.5 Å². The van der Waals surface area contributed by atoms with Gasteiger partial charge in [-0.3, -0.25) is 14.2 Å². The van der Waals surface area contributed by atoms with E-state index in [0.717, 1.165) is 29.8 Å². The molecule has 3 heterocycles. The maximum absolute atomic E-state index is 13.0. The second-order valence-electron chi connectivity index (χ2n) is 7.22. The van der Waals surface area contributed by atoms with Crippen LogP contribution >= 0.6 is 0 Å². The number of aryl methyl sites for hydroxylation is 2. The van der Waals surface area contributed by atoms with Gasteiger partial charge in [0.25, 0.3) is 5.91 Å². The van der Waals surface area contributed by atoms with Gasteiger partial charge in [0.2, 0.25) is 0 Å². The molecule has 4 rings (SSSR count). The Labute approximate surface area is 164 Å². The highest BCUT2D eigenvalue weighted by Crippen LogP contribution is 2.24. The number of rotatable bonds is 5. The Hall–Kier alpha value is -2.93. The smallest absolute Gasteiger partial charge is 0.272 e. The van der Waals surface area contributed by atoms with Gasteiger partial charge in [-0.2, -0.15) is 10.2 Å². The second kappa shape index (κ2) is 7.59. The third-order valence-electron chi connectivity index (χ3n) is 5.16. The van der Waals surface area contributed by atoms with Gasteiger partial charge in [0, 0.05) is 13.6 Å². The fraction of sp³-hybridized carbons (Fsp3) is 0.381. The molecular formula is C21H25N5O2. The number of hydrogen-bond acceptors (Lipinski definition) is 4. The molecule has 0 saturated heterocycles. The van der Waals surface area contributed by atoms with E-state index in [9.17, 15) is 9.90 Å². The highest BCUT2D eigenvalue weighted by atomic mass is 16.3. The number of carbonyl (C=O) groups is 1. The zero-order chi connectivity index (χ0) is 19.7. The lowest BCUT2D eigenvalue weighted by molar-refractivity contribution is 0.0694. The minimum absolute atomic E-state index is 0.0186. The second-order valence-corrected chi connectivity index (χ2v) is 7.22. The van der Waals surface area contributed by atoms with Gasteiger partial charge in [-0.25, -0.2) is 0 Å². The topological polar surface area (TPSA) is 76.2 Å². The van der Waals surface area contributed by atoms with Crippen LogP contribution in [0, 0.1) is 0 Å². The molecule has 7 heteroatoms. The molecule has 3 aromatic rings. The van der Waals surface area contributed by atoms with E-state index in [4.69, 9.17) is 0 Å². The molecule has 1 amide bonds. The standard InChI is InChI=1S/C21H25N5O2/c1-3-7-16-12-19(24(2)22-16)21(28)25-10-11-26-17(14-25)13-18(23-26)20(27)15-8-5-4-6-9-15/h4-6,8-9,12-13,20,27H,3,7,10-11,14H2,1-2H3/t20-/m0/s1. The van der Waals surface area contributed by atoms with Crippen molar-refractivity contribution in [3.63, 3.8) is 0 Å². The Balaban J connectivity index is 1.52. The van der Waals surface area contributed by atoms with Crippen LogP contribution in [0.5, 0.6) is 0 Å². The lowest BCUT2D eigenvalue weighted by Crippen LogP contribution is -2.39. The van der Waals surface area contributed by atoms with Crippen molar-refractivity contribution in [2.45, 2.75) is 39.0 Å². The molecule has 2 aromatic heterocycles. The Morgan fingerprint density at radius 1 is 1.18 bits per heavy atom. The first-order valence-electron chi connectivity index (χ1n) is 9.68. The quantitative estimate of drug-likeness (QED) is 0.738. The van der Waals surface area contributed by atoms with Crippen molar-refractivity contribution in [2.75, 3.05) is 6.54 Å². The summed E-state index contributed by atoms with van der Waals surface area (Å²) in [4.78, 5) is 14.8. The molecule has 0 radical (unpaired) electrons. The number of hydrogen-bond donors (Lipinski definition) is 1. The van der Waals surface area contributed by atoms with E-state index in [2.05, 4.69) is 17.1 Å². The summed E-state index contributed by atoms with van der Waals surface area (Å²) in [5.41, 5.74) is 3.91. The van der Waals surface area contributed by atoms with E-state index in [1.807, 2.05) is 59.1 Å². The molecule has 1 aromatic carbocycles. The summed E-state index contributed by atoms with van der Waals surface area (Å²) in [6, 6.07) is 13.3. The van der Waals surface area contributed by atoms with Gasteiger partial charge in [-0.15, -0.1) is 0 Å². The number of carbonyl (C=O) groups excluding carboxylic acids is 1. The first-order valence-corrected chi connectivity index (χ1v) is 9.68. The lowest BCUT2D eigenvalue weighted by Gasteiger charge is -2.27. The van der Waals surface area contributed by atoms with Gasteiger partial charge in [-0.1, -0.05) is 43.7 Å². The maximum Gasteiger partial charge on any atom is 0.272 e. The molecule has 0 spiro atoms.